The fourth-order valence-electron chi connectivity index (χ4n) is 11.1. The maximum Gasteiger partial charge on any atom is 0.411 e. The Hall–Kier alpha value is -8.06. The van der Waals surface area contributed by atoms with Gasteiger partial charge in [0.05, 0.1) is 101 Å². The number of nitrogens with one attached hydrogen (secondary N) is 3. The Morgan fingerprint density at radius 1 is 0.568 bits per heavy atom. The third-order valence-corrected chi connectivity index (χ3v) is 14.3. The van der Waals surface area contributed by atoms with Gasteiger partial charge in [0.25, 0.3) is 0 Å². The lowest BCUT2D eigenvalue weighted by Gasteiger charge is -2.46. The van der Waals surface area contributed by atoms with Crippen LogP contribution in [0.4, 0.5) is 14.4 Å². The molecule has 0 aromatic carbocycles. The molecule has 10 aliphatic rings. The number of ether oxygens (including phenoxy) is 10. The monoisotopic (exact) mass is 1110 g/mol. The minimum atomic E-state index is -1.30. The summed E-state index contributed by atoms with van der Waals surface area (Å²) in [6.45, 7) is 9.61. The number of fused-ring (bicyclic) bond motifs is 4. The van der Waals surface area contributed by atoms with Crippen molar-refractivity contribution in [1.82, 2.24) is 16.0 Å². The fraction of sp³-hybridized carbons (Fsp3) is 0.443. The predicted molar refractivity (Wildman–Crippen MR) is 287 cm³/mol. The zero-order chi connectivity index (χ0) is 58.1. The second-order valence-electron chi connectivity index (χ2n) is 19.8. The average molecular weight is 1110 g/mol. The maximum absolute atomic E-state index is 12.2. The summed E-state index contributed by atoms with van der Waals surface area (Å²) in [5.74, 6) is 31.0. The van der Waals surface area contributed by atoms with Crippen LogP contribution in [0.3, 0.4) is 0 Å². The molecule has 3 spiro atoms. The van der Waals surface area contributed by atoms with E-state index in [4.69, 9.17) is 47.4 Å². The van der Waals surface area contributed by atoms with Crippen molar-refractivity contribution >= 4 is 24.2 Å². The number of rotatable bonds is 5. The van der Waals surface area contributed by atoms with Crippen LogP contribution >= 0.6 is 0 Å². The molecular formula is C61H61N3O17. The van der Waals surface area contributed by atoms with Crippen molar-refractivity contribution in [3.8, 4) is 71.0 Å². The van der Waals surface area contributed by atoms with E-state index in [-0.39, 0.29) is 18.7 Å². The quantitative estimate of drug-likeness (QED) is 0.130. The van der Waals surface area contributed by atoms with Crippen molar-refractivity contribution in [2.24, 2.45) is 16.2 Å². The molecule has 3 amide bonds. The second-order valence-corrected chi connectivity index (χ2v) is 19.8. The lowest BCUT2D eigenvalue weighted by atomic mass is 9.66. The summed E-state index contributed by atoms with van der Waals surface area (Å²) in [4.78, 5) is 48.3. The van der Waals surface area contributed by atoms with Crippen LogP contribution < -0.4 is 16.0 Å². The molecule has 81 heavy (non-hydrogen) atoms. The molecule has 20 nitrogen and oxygen atoms in total. The van der Waals surface area contributed by atoms with Gasteiger partial charge in [0.2, 0.25) is 17.4 Å². The number of aliphatic hydroxyl groups is 3. The zero-order valence-corrected chi connectivity index (χ0v) is 45.8. The van der Waals surface area contributed by atoms with Gasteiger partial charge in [0.15, 0.2) is 6.10 Å². The molecule has 8 bridgehead atoms. The number of amides is 3. The Kier molecular flexibility index (Phi) is 18.1. The van der Waals surface area contributed by atoms with Crippen LogP contribution in [0.15, 0.2) is 105 Å². The molecule has 6 N–H and O–H groups in total. The van der Waals surface area contributed by atoms with E-state index in [9.17, 15) is 34.5 Å². The average Bonchev–Trinajstić information content (AvgIpc) is 2.92. The Labute approximate surface area is 469 Å². The van der Waals surface area contributed by atoms with Gasteiger partial charge in [-0.3, -0.25) is 16.0 Å². The summed E-state index contributed by atoms with van der Waals surface area (Å²) in [5, 5.41) is 39.3. The van der Waals surface area contributed by atoms with Crippen LogP contribution in [0, 0.1) is 87.3 Å². The first kappa shape index (κ1) is 59.1. The molecule has 4 aliphatic heterocycles. The second kappa shape index (κ2) is 24.8. The number of aliphatic hydroxyl groups excluding tert-OH is 3. The van der Waals surface area contributed by atoms with Crippen LogP contribution in [0.1, 0.15) is 53.4 Å². The highest BCUT2D eigenvalue weighted by Crippen LogP contribution is 2.55. The number of allylic oxidation sites excluding steroid dienone is 7. The van der Waals surface area contributed by atoms with Gasteiger partial charge in [0, 0.05) is 42.1 Å². The van der Waals surface area contributed by atoms with Crippen LogP contribution in [0.2, 0.25) is 0 Å². The predicted octanol–water partition coefficient (Wildman–Crippen LogP) is 3.81. The lowest BCUT2D eigenvalue weighted by molar-refractivity contribution is -0.154. The van der Waals surface area contributed by atoms with Crippen molar-refractivity contribution in [3.05, 3.63) is 105 Å². The van der Waals surface area contributed by atoms with E-state index in [0.717, 1.165) is 12.0 Å². The van der Waals surface area contributed by atoms with Gasteiger partial charge in [-0.15, -0.1) is 0 Å². The third-order valence-electron chi connectivity index (χ3n) is 14.3. The van der Waals surface area contributed by atoms with E-state index in [0.29, 0.717) is 91.7 Å². The summed E-state index contributed by atoms with van der Waals surface area (Å²) < 4.78 is 55.3. The molecule has 10 rings (SSSR count). The van der Waals surface area contributed by atoms with Crippen LogP contribution in [0.25, 0.3) is 0 Å². The molecule has 0 aromatic rings. The smallest absolute Gasteiger partial charge is 0.411 e. The molecular weight excluding hydrogens is 1050 g/mol. The van der Waals surface area contributed by atoms with Gasteiger partial charge in [-0.1, -0.05) is 84.2 Å². The number of alkyl carbamates (subject to hydrolysis) is 3. The Balaban J connectivity index is 0.000000159. The lowest BCUT2D eigenvalue weighted by Crippen LogP contribution is -2.52. The maximum atomic E-state index is 12.2. The number of carbonyl (C=O) groups excluding carboxylic acids is 4. The van der Waals surface area contributed by atoms with E-state index >= 15 is 0 Å². The summed E-state index contributed by atoms with van der Waals surface area (Å²) >= 11 is 0. The molecule has 4 heterocycles. The van der Waals surface area contributed by atoms with E-state index in [1.807, 2.05) is 33.8 Å². The highest BCUT2D eigenvalue weighted by molar-refractivity contribution is 5.88. The number of carbonyl (C=O) groups is 4. The first-order valence-corrected chi connectivity index (χ1v) is 25.9. The highest BCUT2D eigenvalue weighted by Gasteiger charge is 2.58. The molecule has 3 fully saturated rings. The van der Waals surface area contributed by atoms with E-state index in [2.05, 4.69) is 87.0 Å². The molecule has 0 radical (unpaired) electrons. The zero-order valence-electron chi connectivity index (χ0n) is 45.8. The molecule has 0 saturated carbocycles. The van der Waals surface area contributed by atoms with Crippen molar-refractivity contribution < 1.29 is 81.9 Å². The van der Waals surface area contributed by atoms with Gasteiger partial charge in [-0.25, -0.2) is 19.2 Å². The first-order valence-electron chi connectivity index (χ1n) is 25.9. The van der Waals surface area contributed by atoms with Gasteiger partial charge in [-0.05, 0) is 86.3 Å². The van der Waals surface area contributed by atoms with Gasteiger partial charge in [0.1, 0.15) is 12.2 Å². The van der Waals surface area contributed by atoms with Crippen molar-refractivity contribution in [3.63, 3.8) is 0 Å². The molecule has 0 aromatic heterocycles. The first-order chi connectivity index (χ1) is 38.9. The van der Waals surface area contributed by atoms with Crippen molar-refractivity contribution in [2.45, 2.75) is 89.1 Å². The van der Waals surface area contributed by atoms with Crippen LogP contribution in [-0.4, -0.2) is 143 Å². The largest absolute Gasteiger partial charge is 0.453 e. The standard InChI is InChI=1S/C21H23NO5.C20H17NO6.C20H21NO6/c1-4-9-15-17-16(23)10-7-5-6-8-11-20(15,2)14-21(26-12-13-27-21)18(17)22-19(24)25-3;1-19-8-6-4-3-5-7-14-16(13(19)11-15(22)27-14)17(21-18(23)24-2)20(12-19)25-9-10-26-20;1-19-9-6-4-3-5-7-15(23)16(14(19)8-10-22)17(21-18(24)25-2)20(13-19)26-11-12-27-20/h5-6,9,16,23H,4,12-14H2,1-3H3,(H,22,24);3-4,11,14H,9-10,12H2,1-2H3,(H,21,23);3-4,8,15,22-23H,10-13H2,1-2H3,(H,21,24)/b6-5-,15-9?;4-3-;4-3-,14-8+/t16-,20+;14-,19+;15-,19+/m000/s1. The number of esters is 1. The summed E-state index contributed by atoms with van der Waals surface area (Å²) in [6, 6.07) is 0. The Morgan fingerprint density at radius 3 is 1.32 bits per heavy atom. The van der Waals surface area contributed by atoms with E-state index < -0.39 is 76.2 Å². The van der Waals surface area contributed by atoms with Gasteiger partial charge < -0.3 is 62.7 Å². The molecule has 6 aliphatic carbocycles. The van der Waals surface area contributed by atoms with Gasteiger partial charge >= 0.3 is 24.2 Å². The van der Waals surface area contributed by atoms with Gasteiger partial charge in [-0.2, -0.15) is 0 Å². The van der Waals surface area contributed by atoms with E-state index in [1.165, 1.54) is 27.4 Å². The summed E-state index contributed by atoms with van der Waals surface area (Å²) in [6.07, 6.45) is 10.9. The Bertz CT molecular complexity index is 3160. The summed E-state index contributed by atoms with van der Waals surface area (Å²) in [7, 11) is 3.78. The van der Waals surface area contributed by atoms with Crippen molar-refractivity contribution in [1.29, 1.82) is 0 Å². The number of hydrogen-bond donors (Lipinski definition) is 6. The van der Waals surface area contributed by atoms with E-state index in [1.54, 1.807) is 42.5 Å². The third kappa shape index (κ3) is 12.0. The minimum absolute atomic E-state index is 0.220. The van der Waals surface area contributed by atoms with Crippen LogP contribution in [-0.2, 0) is 52.2 Å². The van der Waals surface area contributed by atoms with Crippen LogP contribution in [0.5, 0.6) is 0 Å². The SMILES string of the molecule is CCC=C1C2=C(NC(=O)OC)C3(C[C@@]1(C)C#C/C=C\C#C[C@@H]2O)OCCO3.COC(=O)NC1=C2/C(=C\CO)[C@](C)(C#C/C=C\C#C[C@@H]2O)CC12OCCO2.COC(=O)NC1=C2C3=CC(=O)O[C@H]2C#C/C=C\C#C[C@]3(C)CC12OCCO2. The molecule has 422 valence electrons. The highest BCUT2D eigenvalue weighted by atomic mass is 16.8. The molecule has 20 heteroatoms. The summed E-state index contributed by atoms with van der Waals surface area (Å²) in [5.41, 5.74) is 1.94. The molecule has 6 atom stereocenters. The minimum Gasteiger partial charge on any atom is -0.453 e. The Morgan fingerprint density at radius 2 is 0.926 bits per heavy atom. The molecule has 0 unspecified atom stereocenters. The molecule has 3 saturated heterocycles. The number of hydrogen-bond acceptors (Lipinski definition) is 17. The van der Waals surface area contributed by atoms with Crippen molar-refractivity contribution in [2.75, 3.05) is 67.6 Å². The number of methoxy groups -OCH3 is 3. The topological polar surface area (TPSA) is 257 Å². The normalized spacial score (nSPS) is 30.8. The fourth-order valence-corrected chi connectivity index (χ4v) is 11.1.